The van der Waals surface area contributed by atoms with Crippen LogP contribution in [0, 0.1) is 5.82 Å². The summed E-state index contributed by atoms with van der Waals surface area (Å²) in [5, 5.41) is 7.45. The highest BCUT2D eigenvalue weighted by Gasteiger charge is 2.23. The normalized spacial score (nSPS) is 13.5. The Morgan fingerprint density at radius 1 is 1.25 bits per heavy atom. The van der Waals surface area contributed by atoms with Crippen LogP contribution in [0.2, 0.25) is 0 Å². The molecule has 0 atom stereocenters. The largest absolute Gasteiger partial charge is 0.353 e. The number of hydrogen-bond donors (Lipinski definition) is 2. The topological polar surface area (TPSA) is 71.1 Å². The van der Waals surface area contributed by atoms with Crippen molar-refractivity contribution in [1.82, 2.24) is 10.3 Å². The predicted octanol–water partition coefficient (Wildman–Crippen LogP) is 2.83. The quantitative estimate of drug-likeness (QED) is 0.740. The van der Waals surface area contributed by atoms with Crippen molar-refractivity contribution in [2.24, 2.45) is 0 Å². The summed E-state index contributed by atoms with van der Waals surface area (Å²) in [6.45, 7) is 0. The summed E-state index contributed by atoms with van der Waals surface area (Å²) in [5.41, 5.74) is 1.28. The van der Waals surface area contributed by atoms with E-state index in [1.807, 2.05) is 5.38 Å². The van der Waals surface area contributed by atoms with E-state index in [2.05, 4.69) is 15.6 Å². The number of benzene rings is 1. The number of carbonyl (C=O) groups excluding carboxylic acids is 2. The van der Waals surface area contributed by atoms with Crippen molar-refractivity contribution < 1.29 is 14.0 Å². The lowest BCUT2D eigenvalue weighted by molar-refractivity contribution is -0.120. The highest BCUT2D eigenvalue weighted by atomic mass is 32.2. The van der Waals surface area contributed by atoms with Crippen LogP contribution in [-0.2, 0) is 16.0 Å². The maximum absolute atomic E-state index is 12.8. The third kappa shape index (κ3) is 5.31. The monoisotopic (exact) mass is 365 g/mol. The molecule has 0 radical (unpaired) electrons. The average Bonchev–Trinajstić information content (AvgIpc) is 3.24. The Kier molecular flexibility index (Phi) is 5.47. The summed E-state index contributed by atoms with van der Waals surface area (Å²) < 4.78 is 13.6. The molecule has 1 aliphatic carbocycles. The predicted molar refractivity (Wildman–Crippen MR) is 92.7 cm³/mol. The van der Waals surface area contributed by atoms with Crippen LogP contribution in [0.15, 0.2) is 34.0 Å². The van der Waals surface area contributed by atoms with Gasteiger partial charge in [-0.1, -0.05) is 11.8 Å². The number of anilines is 1. The van der Waals surface area contributed by atoms with Crippen molar-refractivity contribution in [2.75, 3.05) is 11.1 Å². The summed E-state index contributed by atoms with van der Waals surface area (Å²) in [7, 11) is 0. The minimum Gasteiger partial charge on any atom is -0.353 e. The second-order valence-electron chi connectivity index (χ2n) is 5.47. The van der Waals surface area contributed by atoms with E-state index in [4.69, 9.17) is 0 Å². The molecule has 0 saturated heterocycles. The van der Waals surface area contributed by atoms with E-state index < -0.39 is 0 Å². The lowest BCUT2D eigenvalue weighted by atomic mass is 10.3. The van der Waals surface area contributed by atoms with Crippen LogP contribution in [0.4, 0.5) is 10.1 Å². The van der Waals surface area contributed by atoms with Crippen molar-refractivity contribution in [3.8, 4) is 0 Å². The molecule has 2 N–H and O–H groups in total. The second kappa shape index (κ2) is 7.76. The number of thiazole rings is 1. The average molecular weight is 365 g/mol. The molecule has 0 spiro atoms. The molecule has 1 aromatic carbocycles. The number of hydrogen-bond acceptors (Lipinski definition) is 5. The van der Waals surface area contributed by atoms with Gasteiger partial charge in [0.15, 0.2) is 4.34 Å². The number of nitrogens with zero attached hydrogens (tertiary/aromatic N) is 1. The van der Waals surface area contributed by atoms with Crippen molar-refractivity contribution in [2.45, 2.75) is 29.6 Å². The Labute approximate surface area is 147 Å². The van der Waals surface area contributed by atoms with Crippen LogP contribution >= 0.6 is 23.1 Å². The lowest BCUT2D eigenvalue weighted by Gasteiger charge is -2.03. The first kappa shape index (κ1) is 16.9. The van der Waals surface area contributed by atoms with Gasteiger partial charge in [-0.05, 0) is 37.1 Å². The van der Waals surface area contributed by atoms with E-state index in [1.165, 1.54) is 47.4 Å². The molecule has 126 valence electrons. The van der Waals surface area contributed by atoms with Gasteiger partial charge in [-0.2, -0.15) is 0 Å². The molecule has 1 aromatic heterocycles. The van der Waals surface area contributed by atoms with Crippen molar-refractivity contribution in [1.29, 1.82) is 0 Å². The van der Waals surface area contributed by atoms with Gasteiger partial charge >= 0.3 is 0 Å². The molecule has 0 bridgehead atoms. The van der Waals surface area contributed by atoms with Gasteiger partial charge in [0.2, 0.25) is 11.8 Å². The van der Waals surface area contributed by atoms with Gasteiger partial charge in [-0.3, -0.25) is 9.59 Å². The summed E-state index contributed by atoms with van der Waals surface area (Å²) >= 11 is 2.73. The van der Waals surface area contributed by atoms with Gasteiger partial charge in [-0.15, -0.1) is 11.3 Å². The molecule has 0 unspecified atom stereocenters. The Balaban J connectivity index is 1.43. The lowest BCUT2D eigenvalue weighted by Crippen LogP contribution is -2.27. The molecule has 1 saturated carbocycles. The SMILES string of the molecule is O=C(CSc1nc(CC(=O)NC2CC2)cs1)Nc1ccc(F)cc1. The van der Waals surface area contributed by atoms with Crippen molar-refractivity contribution >= 4 is 40.6 Å². The number of thioether (sulfide) groups is 1. The van der Waals surface area contributed by atoms with Crippen LogP contribution in [0.3, 0.4) is 0 Å². The van der Waals surface area contributed by atoms with Crippen molar-refractivity contribution in [3.05, 3.63) is 41.2 Å². The number of halogens is 1. The van der Waals surface area contributed by atoms with E-state index in [0.717, 1.165) is 22.9 Å². The van der Waals surface area contributed by atoms with Gasteiger partial charge in [0.1, 0.15) is 5.82 Å². The Morgan fingerprint density at radius 2 is 2.00 bits per heavy atom. The number of aromatic nitrogens is 1. The third-order valence-electron chi connectivity index (χ3n) is 3.27. The van der Waals surface area contributed by atoms with Crippen LogP contribution < -0.4 is 10.6 Å². The molecule has 8 heteroatoms. The van der Waals surface area contributed by atoms with Gasteiger partial charge in [0, 0.05) is 17.1 Å². The second-order valence-corrected chi connectivity index (χ2v) is 7.55. The first-order chi connectivity index (χ1) is 11.6. The summed E-state index contributed by atoms with van der Waals surface area (Å²) in [5.74, 6) is -0.329. The highest BCUT2D eigenvalue weighted by molar-refractivity contribution is 8.01. The fourth-order valence-corrected chi connectivity index (χ4v) is 3.61. The molecule has 2 aromatic rings. The first-order valence-corrected chi connectivity index (χ1v) is 9.37. The standard InChI is InChI=1S/C16H16FN3O2S2/c17-10-1-3-11(4-2-10)19-15(22)9-24-16-20-13(8-23-16)7-14(21)18-12-5-6-12/h1-4,8,12H,5-7,9H2,(H,18,21)(H,19,22). The Hall–Kier alpha value is -1.93. The van der Waals surface area contributed by atoms with Gasteiger partial charge in [0.25, 0.3) is 0 Å². The molecular weight excluding hydrogens is 349 g/mol. The molecule has 1 heterocycles. The van der Waals surface area contributed by atoms with Gasteiger partial charge in [0.05, 0.1) is 17.9 Å². The molecule has 24 heavy (non-hydrogen) atoms. The molecule has 2 amide bonds. The zero-order valence-electron chi connectivity index (χ0n) is 12.8. The zero-order chi connectivity index (χ0) is 16.9. The summed E-state index contributed by atoms with van der Waals surface area (Å²) in [4.78, 5) is 28.0. The fraction of sp³-hybridized carbons (Fsp3) is 0.312. The van der Waals surface area contributed by atoms with Gasteiger partial charge in [-0.25, -0.2) is 9.37 Å². The molecule has 3 rings (SSSR count). The molecule has 0 aliphatic heterocycles. The number of amides is 2. The maximum atomic E-state index is 12.8. The number of nitrogens with one attached hydrogen (secondary N) is 2. The number of rotatable bonds is 7. The van der Waals surface area contributed by atoms with E-state index in [-0.39, 0.29) is 29.8 Å². The highest BCUT2D eigenvalue weighted by Crippen LogP contribution is 2.24. The smallest absolute Gasteiger partial charge is 0.234 e. The van der Waals surface area contributed by atoms with Crippen LogP contribution in [0.1, 0.15) is 18.5 Å². The molecule has 1 aliphatic rings. The van der Waals surface area contributed by atoms with E-state index >= 15 is 0 Å². The zero-order valence-corrected chi connectivity index (χ0v) is 14.4. The van der Waals surface area contributed by atoms with E-state index in [9.17, 15) is 14.0 Å². The fourth-order valence-electron chi connectivity index (χ4n) is 1.96. The van der Waals surface area contributed by atoms with E-state index in [1.54, 1.807) is 0 Å². The molecular formula is C16H16FN3O2S2. The molecule has 5 nitrogen and oxygen atoms in total. The van der Waals surface area contributed by atoms with Crippen LogP contribution in [0.5, 0.6) is 0 Å². The van der Waals surface area contributed by atoms with Crippen LogP contribution in [-0.4, -0.2) is 28.6 Å². The first-order valence-electron chi connectivity index (χ1n) is 7.50. The Bertz CT molecular complexity index is 729. The Morgan fingerprint density at radius 3 is 2.71 bits per heavy atom. The minimum atomic E-state index is -0.344. The molecule has 1 fully saturated rings. The maximum Gasteiger partial charge on any atom is 0.234 e. The van der Waals surface area contributed by atoms with Crippen LogP contribution in [0.25, 0.3) is 0 Å². The number of carbonyl (C=O) groups is 2. The minimum absolute atomic E-state index is 0.00611. The third-order valence-corrected chi connectivity index (χ3v) is 5.34. The van der Waals surface area contributed by atoms with Crippen molar-refractivity contribution in [3.63, 3.8) is 0 Å². The van der Waals surface area contributed by atoms with E-state index in [0.29, 0.717) is 11.7 Å². The summed E-state index contributed by atoms with van der Waals surface area (Å²) in [6.07, 6.45) is 2.40. The van der Waals surface area contributed by atoms with Gasteiger partial charge < -0.3 is 10.6 Å². The summed E-state index contributed by atoms with van der Waals surface area (Å²) in [6, 6.07) is 5.96.